The first kappa shape index (κ1) is 29.3. The Morgan fingerprint density at radius 1 is 1.07 bits per heavy atom. The van der Waals surface area contributed by atoms with Crippen LogP contribution in [0.25, 0.3) is 33.2 Å². The van der Waals surface area contributed by atoms with Crippen LogP contribution in [0, 0.1) is 5.41 Å². The quantitative estimate of drug-likeness (QED) is 0.158. The monoisotopic (exact) mass is 624 g/mol. The lowest BCUT2D eigenvalue weighted by molar-refractivity contribution is -0.142. The third kappa shape index (κ3) is 5.43. The van der Waals surface area contributed by atoms with E-state index in [9.17, 15) is 4.79 Å². The Morgan fingerprint density at radius 3 is 2.67 bits per heavy atom. The van der Waals surface area contributed by atoms with E-state index in [1.54, 1.807) is 13.3 Å². The van der Waals surface area contributed by atoms with Crippen LogP contribution < -0.4 is 15.5 Å². The summed E-state index contributed by atoms with van der Waals surface area (Å²) in [6.07, 6.45) is 4.51. The van der Waals surface area contributed by atoms with Crippen molar-refractivity contribution in [3.63, 3.8) is 0 Å². The number of carbonyl (C=O) groups is 1. The minimum atomic E-state index is -0.329. The maximum Gasteiger partial charge on any atom is 0.310 e. The number of halogens is 1. The first-order valence-electron chi connectivity index (χ1n) is 15.6. The van der Waals surface area contributed by atoms with Crippen LogP contribution in [0.2, 0.25) is 5.15 Å². The summed E-state index contributed by atoms with van der Waals surface area (Å²) in [6.45, 7) is 9.84. The fraction of sp³-hybridized carbons (Fsp3) is 0.371. The second-order valence-corrected chi connectivity index (χ2v) is 13.1. The number of piperidine rings is 1. The van der Waals surface area contributed by atoms with Gasteiger partial charge < -0.3 is 24.7 Å². The van der Waals surface area contributed by atoms with Gasteiger partial charge in [0, 0.05) is 42.7 Å². The van der Waals surface area contributed by atoms with Gasteiger partial charge in [0.2, 0.25) is 0 Å². The molecule has 10 heteroatoms. The standard InChI is InChI=1S/C35H37ClN6O3/c1-4-44-27(43)18-25-30(41-15-12-35(2,3)13-16-41)28(33(37)40-32(25)36)22-9-10-23-19-42(14-11-21(23)17-22)34-31-29(38-20-39-34)24-7-5-6-8-26(24)45-31/h5-10,17,20H,4,11-16,18-19H2,1-3H3,(H2,37,40). The van der Waals surface area contributed by atoms with Gasteiger partial charge in [0.05, 0.1) is 18.7 Å². The maximum atomic E-state index is 12.7. The molecule has 232 valence electrons. The van der Waals surface area contributed by atoms with Crippen molar-refractivity contribution < 1.29 is 13.9 Å². The molecule has 0 unspecified atom stereocenters. The lowest BCUT2D eigenvalue weighted by atomic mass is 9.82. The zero-order chi connectivity index (χ0) is 31.3. The Bertz CT molecular complexity index is 1930. The second kappa shape index (κ2) is 11.5. The van der Waals surface area contributed by atoms with E-state index in [-0.39, 0.29) is 23.0 Å². The normalized spacial score (nSPS) is 16.3. The van der Waals surface area contributed by atoms with Crippen molar-refractivity contribution in [2.75, 3.05) is 41.8 Å². The number of nitrogen functional groups attached to an aromatic ring is 1. The molecule has 0 aliphatic carbocycles. The summed E-state index contributed by atoms with van der Waals surface area (Å²) in [6, 6.07) is 14.4. The molecule has 2 N–H and O–H groups in total. The number of ether oxygens (including phenoxy) is 1. The van der Waals surface area contributed by atoms with E-state index in [2.05, 4.69) is 56.8 Å². The van der Waals surface area contributed by atoms with E-state index in [4.69, 9.17) is 26.5 Å². The Balaban J connectivity index is 1.26. The average Bonchev–Trinajstić information content (AvgIpc) is 3.41. The molecule has 0 amide bonds. The SMILES string of the molecule is CCOC(=O)Cc1c(Cl)nc(N)c(-c2ccc3c(c2)CCN(c2ncnc4c2oc2ccccc24)C3)c1N1CCC(C)(C)CC1. The molecule has 0 saturated carbocycles. The van der Waals surface area contributed by atoms with Crippen LogP contribution in [0.4, 0.5) is 17.3 Å². The number of nitrogens with two attached hydrogens (primary N) is 1. The number of benzene rings is 2. The molecule has 1 fully saturated rings. The fourth-order valence-electron chi connectivity index (χ4n) is 6.71. The minimum Gasteiger partial charge on any atom is -0.466 e. The molecule has 3 aromatic heterocycles. The van der Waals surface area contributed by atoms with Gasteiger partial charge in [0.25, 0.3) is 0 Å². The molecule has 9 nitrogen and oxygen atoms in total. The van der Waals surface area contributed by atoms with Gasteiger partial charge in [-0.15, -0.1) is 0 Å². The van der Waals surface area contributed by atoms with Crippen molar-refractivity contribution in [3.8, 4) is 11.1 Å². The summed E-state index contributed by atoms with van der Waals surface area (Å²) in [5.41, 5.74) is 15.1. The minimum absolute atomic E-state index is 0.0390. The van der Waals surface area contributed by atoms with Gasteiger partial charge in [-0.3, -0.25) is 4.79 Å². The topological polar surface area (TPSA) is 111 Å². The van der Waals surface area contributed by atoms with Crippen LogP contribution in [-0.4, -0.2) is 47.2 Å². The zero-order valence-electron chi connectivity index (χ0n) is 25.9. The molecule has 7 rings (SSSR count). The molecule has 2 aromatic carbocycles. The highest BCUT2D eigenvalue weighted by Crippen LogP contribution is 2.44. The molecule has 2 aliphatic rings. The smallest absolute Gasteiger partial charge is 0.310 e. The van der Waals surface area contributed by atoms with Crippen LogP contribution in [0.5, 0.6) is 0 Å². The van der Waals surface area contributed by atoms with Gasteiger partial charge in [-0.25, -0.2) is 15.0 Å². The predicted octanol–water partition coefficient (Wildman–Crippen LogP) is 6.97. The van der Waals surface area contributed by atoms with Gasteiger partial charge in [0.15, 0.2) is 11.4 Å². The second-order valence-electron chi connectivity index (χ2n) is 12.8. The van der Waals surface area contributed by atoms with Crippen LogP contribution in [0.15, 0.2) is 53.2 Å². The van der Waals surface area contributed by atoms with Crippen molar-refractivity contribution in [1.82, 2.24) is 15.0 Å². The highest BCUT2D eigenvalue weighted by atomic mass is 35.5. The Morgan fingerprint density at radius 2 is 1.87 bits per heavy atom. The number of furan rings is 1. The number of para-hydroxylation sites is 1. The number of pyridine rings is 1. The molecular weight excluding hydrogens is 588 g/mol. The number of esters is 1. The molecule has 5 heterocycles. The third-order valence-electron chi connectivity index (χ3n) is 9.25. The van der Waals surface area contributed by atoms with E-state index in [0.29, 0.717) is 30.1 Å². The predicted molar refractivity (Wildman–Crippen MR) is 179 cm³/mol. The van der Waals surface area contributed by atoms with E-state index in [0.717, 1.165) is 78.0 Å². The van der Waals surface area contributed by atoms with Crippen molar-refractivity contribution in [2.45, 2.75) is 53.0 Å². The van der Waals surface area contributed by atoms with Crippen LogP contribution in [0.3, 0.4) is 0 Å². The number of aromatic nitrogens is 3. The molecule has 0 spiro atoms. The highest BCUT2D eigenvalue weighted by Gasteiger charge is 2.32. The molecule has 1 saturated heterocycles. The van der Waals surface area contributed by atoms with Gasteiger partial charge in [-0.2, -0.15) is 0 Å². The lowest BCUT2D eigenvalue weighted by Gasteiger charge is -2.40. The number of rotatable bonds is 6. The molecule has 0 atom stereocenters. The fourth-order valence-corrected chi connectivity index (χ4v) is 6.95. The van der Waals surface area contributed by atoms with Crippen LogP contribution in [0.1, 0.15) is 50.3 Å². The number of carbonyl (C=O) groups excluding carboxylic acids is 1. The van der Waals surface area contributed by atoms with E-state index in [1.807, 2.05) is 24.3 Å². The van der Waals surface area contributed by atoms with Crippen molar-refractivity contribution in [3.05, 3.63) is 70.6 Å². The van der Waals surface area contributed by atoms with E-state index in [1.165, 1.54) is 11.1 Å². The highest BCUT2D eigenvalue weighted by molar-refractivity contribution is 6.31. The summed E-state index contributed by atoms with van der Waals surface area (Å²) < 4.78 is 11.5. The molecule has 0 radical (unpaired) electrons. The number of nitrogens with zero attached hydrogens (tertiary/aromatic N) is 5. The molecular formula is C35H37ClN6O3. The Hall–Kier alpha value is -4.37. The Labute approximate surface area is 267 Å². The number of anilines is 3. The Kier molecular flexibility index (Phi) is 7.52. The first-order valence-corrected chi connectivity index (χ1v) is 16.0. The summed E-state index contributed by atoms with van der Waals surface area (Å²) in [5, 5.41) is 1.24. The number of hydrogen-bond acceptors (Lipinski definition) is 9. The zero-order valence-corrected chi connectivity index (χ0v) is 26.7. The largest absolute Gasteiger partial charge is 0.466 e. The van der Waals surface area contributed by atoms with Gasteiger partial charge in [0.1, 0.15) is 28.4 Å². The van der Waals surface area contributed by atoms with Gasteiger partial charge in [-0.05, 0) is 60.4 Å². The number of fused-ring (bicyclic) bond motifs is 4. The third-order valence-corrected chi connectivity index (χ3v) is 9.56. The summed E-state index contributed by atoms with van der Waals surface area (Å²) >= 11 is 6.72. The molecule has 5 aromatic rings. The average molecular weight is 625 g/mol. The molecule has 2 aliphatic heterocycles. The van der Waals surface area contributed by atoms with Crippen molar-refractivity contribution >= 4 is 57.0 Å². The van der Waals surface area contributed by atoms with E-state index >= 15 is 0 Å². The van der Waals surface area contributed by atoms with Crippen molar-refractivity contribution in [1.29, 1.82) is 0 Å². The van der Waals surface area contributed by atoms with Crippen molar-refractivity contribution in [2.24, 2.45) is 5.41 Å². The summed E-state index contributed by atoms with van der Waals surface area (Å²) in [7, 11) is 0. The number of hydrogen-bond donors (Lipinski definition) is 1. The van der Waals surface area contributed by atoms with Crippen LogP contribution in [-0.2, 0) is 28.9 Å². The maximum absolute atomic E-state index is 12.7. The van der Waals surface area contributed by atoms with Gasteiger partial charge in [-0.1, -0.05) is 55.8 Å². The molecule has 0 bridgehead atoms. The first-order chi connectivity index (χ1) is 21.7. The lowest BCUT2D eigenvalue weighted by Crippen LogP contribution is -2.38. The summed E-state index contributed by atoms with van der Waals surface area (Å²) in [4.78, 5) is 31.0. The van der Waals surface area contributed by atoms with Crippen LogP contribution >= 0.6 is 11.6 Å². The van der Waals surface area contributed by atoms with Gasteiger partial charge >= 0.3 is 5.97 Å². The summed E-state index contributed by atoms with van der Waals surface area (Å²) in [5.74, 6) is 0.832. The molecule has 45 heavy (non-hydrogen) atoms. The van der Waals surface area contributed by atoms with E-state index < -0.39 is 0 Å².